The molecule has 1 aliphatic heterocycles. The largest absolute Gasteiger partial charge is 0.348 e. The number of benzene rings is 1. The molecular formula is C19H26N4O. The fourth-order valence-corrected chi connectivity index (χ4v) is 3.24. The first kappa shape index (κ1) is 16.7. The summed E-state index contributed by atoms with van der Waals surface area (Å²) < 4.78 is 1.64. The fourth-order valence-electron chi connectivity index (χ4n) is 3.24. The van der Waals surface area contributed by atoms with Crippen molar-refractivity contribution < 1.29 is 4.79 Å². The molecule has 0 spiro atoms. The first-order valence-corrected chi connectivity index (χ1v) is 8.78. The highest BCUT2D eigenvalue weighted by Crippen LogP contribution is 2.16. The van der Waals surface area contributed by atoms with Gasteiger partial charge in [0.25, 0.3) is 5.91 Å². The van der Waals surface area contributed by atoms with Crippen molar-refractivity contribution in [3.05, 3.63) is 53.3 Å². The molecule has 0 atom stereocenters. The highest BCUT2D eigenvalue weighted by Gasteiger charge is 2.13. The van der Waals surface area contributed by atoms with Gasteiger partial charge in [-0.3, -0.25) is 14.4 Å². The van der Waals surface area contributed by atoms with E-state index in [4.69, 9.17) is 0 Å². The second-order valence-corrected chi connectivity index (χ2v) is 6.54. The van der Waals surface area contributed by atoms with Crippen LogP contribution in [-0.4, -0.2) is 33.7 Å². The van der Waals surface area contributed by atoms with Crippen molar-refractivity contribution >= 4 is 5.91 Å². The van der Waals surface area contributed by atoms with Gasteiger partial charge in [0.05, 0.1) is 11.8 Å². The van der Waals surface area contributed by atoms with Gasteiger partial charge in [0, 0.05) is 26.3 Å². The molecule has 1 aliphatic rings. The molecule has 0 radical (unpaired) electrons. The minimum atomic E-state index is -0.0762. The van der Waals surface area contributed by atoms with E-state index < -0.39 is 0 Å². The van der Waals surface area contributed by atoms with Crippen LogP contribution >= 0.6 is 0 Å². The van der Waals surface area contributed by atoms with Crippen LogP contribution in [0.5, 0.6) is 0 Å². The zero-order valence-electron chi connectivity index (χ0n) is 14.4. The molecule has 2 aromatic rings. The highest BCUT2D eigenvalue weighted by atomic mass is 16.1. The Morgan fingerprint density at radius 3 is 2.50 bits per heavy atom. The van der Waals surface area contributed by atoms with Gasteiger partial charge in [0.15, 0.2) is 0 Å². The Morgan fingerprint density at radius 1 is 1.12 bits per heavy atom. The van der Waals surface area contributed by atoms with Crippen molar-refractivity contribution in [3.63, 3.8) is 0 Å². The summed E-state index contributed by atoms with van der Waals surface area (Å²) in [6, 6.07) is 8.41. The third kappa shape index (κ3) is 4.45. The van der Waals surface area contributed by atoms with Crippen molar-refractivity contribution in [2.24, 2.45) is 7.05 Å². The summed E-state index contributed by atoms with van der Waals surface area (Å²) in [5.41, 5.74) is 3.10. The summed E-state index contributed by atoms with van der Waals surface area (Å²) in [5, 5.41) is 7.05. The standard InChI is InChI=1S/C19H26N4O/c1-22-14-18(13-21-22)19(24)20-12-16-8-4-5-9-17(16)15-23-10-6-2-3-7-11-23/h4-5,8-9,13-14H,2-3,6-7,10-12,15H2,1H3,(H,20,24). The number of likely N-dealkylation sites (tertiary alicyclic amines) is 1. The molecule has 0 unspecified atom stereocenters. The number of rotatable bonds is 5. The van der Waals surface area contributed by atoms with Gasteiger partial charge in [-0.2, -0.15) is 5.10 Å². The molecule has 0 aliphatic carbocycles. The van der Waals surface area contributed by atoms with Crippen LogP contribution in [0.2, 0.25) is 0 Å². The molecule has 5 nitrogen and oxygen atoms in total. The van der Waals surface area contributed by atoms with E-state index in [-0.39, 0.29) is 5.91 Å². The summed E-state index contributed by atoms with van der Waals surface area (Å²) in [5.74, 6) is -0.0762. The van der Waals surface area contributed by atoms with E-state index >= 15 is 0 Å². The molecule has 1 aromatic heterocycles. The molecule has 1 saturated heterocycles. The second-order valence-electron chi connectivity index (χ2n) is 6.54. The molecule has 5 heteroatoms. The lowest BCUT2D eigenvalue weighted by Crippen LogP contribution is -2.26. The number of carbonyl (C=O) groups excluding carboxylic acids is 1. The van der Waals surface area contributed by atoms with Crippen molar-refractivity contribution in [2.45, 2.75) is 38.8 Å². The number of nitrogens with zero attached hydrogens (tertiary/aromatic N) is 3. The van der Waals surface area contributed by atoms with Crippen molar-refractivity contribution in [3.8, 4) is 0 Å². The lowest BCUT2D eigenvalue weighted by molar-refractivity contribution is 0.0950. The maximum absolute atomic E-state index is 12.2. The van der Waals surface area contributed by atoms with Crippen LogP contribution < -0.4 is 5.32 Å². The number of carbonyl (C=O) groups is 1. The Morgan fingerprint density at radius 2 is 1.83 bits per heavy atom. The Bertz CT molecular complexity index is 672. The molecule has 128 valence electrons. The lowest BCUT2D eigenvalue weighted by Gasteiger charge is -2.21. The van der Waals surface area contributed by atoms with Crippen molar-refractivity contribution in [2.75, 3.05) is 13.1 Å². The van der Waals surface area contributed by atoms with E-state index in [2.05, 4.69) is 33.5 Å². The second kappa shape index (κ2) is 8.11. The first-order valence-electron chi connectivity index (χ1n) is 8.78. The molecular weight excluding hydrogens is 300 g/mol. The topological polar surface area (TPSA) is 50.2 Å². The highest BCUT2D eigenvalue weighted by molar-refractivity contribution is 5.93. The zero-order chi connectivity index (χ0) is 16.8. The first-order chi connectivity index (χ1) is 11.7. The van der Waals surface area contributed by atoms with Crippen LogP contribution in [0.1, 0.15) is 47.2 Å². The normalized spacial score (nSPS) is 15.9. The van der Waals surface area contributed by atoms with Gasteiger partial charge >= 0.3 is 0 Å². The van der Waals surface area contributed by atoms with Gasteiger partial charge in [0.1, 0.15) is 0 Å². The van der Waals surface area contributed by atoms with Crippen LogP contribution in [0.3, 0.4) is 0 Å². The summed E-state index contributed by atoms with van der Waals surface area (Å²) in [6.45, 7) is 3.88. The molecule has 2 heterocycles. The van der Waals surface area contributed by atoms with Gasteiger partial charge in [-0.1, -0.05) is 37.1 Å². The minimum absolute atomic E-state index is 0.0762. The Hall–Kier alpha value is -2.14. The SMILES string of the molecule is Cn1cc(C(=O)NCc2ccccc2CN2CCCCCC2)cn1. The minimum Gasteiger partial charge on any atom is -0.348 e. The number of aromatic nitrogens is 2. The van der Waals surface area contributed by atoms with Crippen molar-refractivity contribution in [1.29, 1.82) is 0 Å². The van der Waals surface area contributed by atoms with Crippen LogP contribution in [0, 0.1) is 0 Å². The van der Waals surface area contributed by atoms with Crippen LogP contribution in [-0.2, 0) is 20.1 Å². The van der Waals surface area contributed by atoms with Gasteiger partial charge in [-0.05, 0) is 37.1 Å². The lowest BCUT2D eigenvalue weighted by atomic mass is 10.1. The average Bonchev–Trinajstić information content (AvgIpc) is 2.87. The number of aryl methyl sites for hydroxylation is 1. The third-order valence-corrected chi connectivity index (χ3v) is 4.62. The third-order valence-electron chi connectivity index (χ3n) is 4.62. The van der Waals surface area contributed by atoms with Gasteiger partial charge < -0.3 is 5.32 Å². The smallest absolute Gasteiger partial charge is 0.254 e. The molecule has 1 fully saturated rings. The van der Waals surface area contributed by atoms with E-state index in [1.165, 1.54) is 49.9 Å². The summed E-state index contributed by atoms with van der Waals surface area (Å²) in [4.78, 5) is 14.7. The van der Waals surface area contributed by atoms with E-state index in [0.29, 0.717) is 12.1 Å². The molecule has 1 aromatic carbocycles. The van der Waals surface area contributed by atoms with E-state index in [1.54, 1.807) is 17.1 Å². The zero-order valence-corrected chi connectivity index (χ0v) is 14.4. The van der Waals surface area contributed by atoms with E-state index in [0.717, 1.165) is 6.54 Å². The molecule has 0 bridgehead atoms. The maximum Gasteiger partial charge on any atom is 0.254 e. The molecule has 24 heavy (non-hydrogen) atoms. The predicted octanol–water partition coefficient (Wildman–Crippen LogP) is 2.73. The predicted molar refractivity (Wildman–Crippen MR) is 94.6 cm³/mol. The molecule has 1 amide bonds. The van der Waals surface area contributed by atoms with Crippen LogP contribution in [0.15, 0.2) is 36.7 Å². The van der Waals surface area contributed by atoms with Gasteiger partial charge in [0.2, 0.25) is 0 Å². The summed E-state index contributed by atoms with van der Waals surface area (Å²) in [6.07, 6.45) is 8.61. The average molecular weight is 326 g/mol. The Kier molecular flexibility index (Phi) is 5.64. The number of hydrogen-bond acceptors (Lipinski definition) is 3. The number of nitrogens with one attached hydrogen (secondary N) is 1. The van der Waals surface area contributed by atoms with E-state index in [9.17, 15) is 4.79 Å². The van der Waals surface area contributed by atoms with Crippen molar-refractivity contribution in [1.82, 2.24) is 20.0 Å². The number of amides is 1. The monoisotopic (exact) mass is 326 g/mol. The molecule has 0 saturated carbocycles. The summed E-state index contributed by atoms with van der Waals surface area (Å²) >= 11 is 0. The Labute approximate surface area is 143 Å². The quantitative estimate of drug-likeness (QED) is 0.919. The molecule has 3 rings (SSSR count). The van der Waals surface area contributed by atoms with Crippen LogP contribution in [0.4, 0.5) is 0 Å². The van der Waals surface area contributed by atoms with Gasteiger partial charge in [-0.25, -0.2) is 0 Å². The van der Waals surface area contributed by atoms with Crippen LogP contribution in [0.25, 0.3) is 0 Å². The molecule has 1 N–H and O–H groups in total. The van der Waals surface area contributed by atoms with Gasteiger partial charge in [-0.15, -0.1) is 0 Å². The maximum atomic E-state index is 12.2. The summed E-state index contributed by atoms with van der Waals surface area (Å²) in [7, 11) is 1.81. The number of hydrogen-bond donors (Lipinski definition) is 1. The van der Waals surface area contributed by atoms with E-state index in [1.807, 2.05) is 13.1 Å². The fraction of sp³-hybridized carbons (Fsp3) is 0.474. The Balaban J connectivity index is 1.62.